The average molecular weight is 494 g/mol. The summed E-state index contributed by atoms with van der Waals surface area (Å²) in [6, 6.07) is 14.9. The highest BCUT2D eigenvalue weighted by molar-refractivity contribution is 7.89. The predicted molar refractivity (Wildman–Crippen MR) is 129 cm³/mol. The first-order valence-corrected chi connectivity index (χ1v) is 12.5. The molecule has 1 amide bonds. The lowest BCUT2D eigenvalue weighted by molar-refractivity contribution is 0.0730. The highest BCUT2D eigenvalue weighted by atomic mass is 32.2. The highest BCUT2D eigenvalue weighted by Gasteiger charge is 2.27. The smallest absolute Gasteiger partial charge is 0.252 e. The van der Waals surface area contributed by atoms with Crippen LogP contribution in [0.25, 0.3) is 16.6 Å². The topological polar surface area (TPSA) is 126 Å². The number of hydrogen-bond donors (Lipinski definition) is 2. The normalized spacial score (nSPS) is 14.7. The number of rotatable bonds is 6. The van der Waals surface area contributed by atoms with Crippen molar-refractivity contribution in [3.05, 3.63) is 88.5 Å². The second-order valence-corrected chi connectivity index (χ2v) is 10.0. The Hall–Kier alpha value is -3.80. The molecule has 0 bridgehead atoms. The van der Waals surface area contributed by atoms with E-state index in [2.05, 4.69) is 15.4 Å². The Morgan fingerprint density at radius 2 is 1.86 bits per heavy atom. The molecule has 180 valence electrons. The largest absolute Gasteiger partial charge is 0.379 e. The molecule has 2 aromatic heterocycles. The Kier molecular flexibility index (Phi) is 6.20. The van der Waals surface area contributed by atoms with Crippen LogP contribution in [0.2, 0.25) is 0 Å². The third-order valence-corrected chi connectivity index (χ3v) is 7.72. The molecule has 0 radical (unpaired) electrons. The standard InChI is InChI=1S/C24H23N5O5S/c30-23-15-21(24(31)25-16-17-2-4-18(5-3-17)29-9-1-8-26-29)20-14-19(6-7-22(20)27-23)35(32,33)28-10-12-34-13-11-28/h1-9,14-15H,10-13,16H2,(H,25,31)(H,27,30). The number of pyridine rings is 1. The minimum absolute atomic E-state index is 0.0576. The fraction of sp³-hybridized carbons (Fsp3) is 0.208. The molecule has 0 spiro atoms. The molecule has 10 nitrogen and oxygen atoms in total. The highest BCUT2D eigenvalue weighted by Crippen LogP contribution is 2.23. The summed E-state index contributed by atoms with van der Waals surface area (Å²) in [6.07, 6.45) is 3.53. The fourth-order valence-electron chi connectivity index (χ4n) is 3.98. The maximum atomic E-state index is 13.1. The van der Waals surface area contributed by atoms with Gasteiger partial charge in [0.25, 0.3) is 5.91 Å². The molecule has 2 aromatic carbocycles. The van der Waals surface area contributed by atoms with E-state index in [0.717, 1.165) is 11.3 Å². The van der Waals surface area contributed by atoms with Gasteiger partial charge < -0.3 is 15.0 Å². The molecule has 0 atom stereocenters. The number of sulfonamides is 1. The van der Waals surface area contributed by atoms with Crippen molar-refractivity contribution >= 4 is 26.8 Å². The number of ether oxygens (including phenoxy) is 1. The van der Waals surface area contributed by atoms with Gasteiger partial charge in [0.2, 0.25) is 15.6 Å². The Balaban J connectivity index is 1.40. The molecule has 1 aliphatic heterocycles. The number of aromatic amines is 1. The lowest BCUT2D eigenvalue weighted by Gasteiger charge is -2.26. The van der Waals surface area contributed by atoms with Gasteiger partial charge >= 0.3 is 0 Å². The van der Waals surface area contributed by atoms with Crippen LogP contribution in [-0.2, 0) is 21.3 Å². The number of hydrogen-bond acceptors (Lipinski definition) is 6. The first-order valence-electron chi connectivity index (χ1n) is 11.0. The van der Waals surface area contributed by atoms with Gasteiger partial charge in [-0.1, -0.05) is 12.1 Å². The van der Waals surface area contributed by atoms with Gasteiger partial charge in [-0.3, -0.25) is 9.59 Å². The summed E-state index contributed by atoms with van der Waals surface area (Å²) >= 11 is 0. The number of nitrogens with one attached hydrogen (secondary N) is 2. The lowest BCUT2D eigenvalue weighted by atomic mass is 10.1. The van der Waals surface area contributed by atoms with Crippen LogP contribution in [0.4, 0.5) is 0 Å². The van der Waals surface area contributed by atoms with E-state index in [4.69, 9.17) is 4.74 Å². The Morgan fingerprint density at radius 3 is 2.57 bits per heavy atom. The molecule has 5 rings (SSSR count). The van der Waals surface area contributed by atoms with E-state index < -0.39 is 21.5 Å². The zero-order valence-electron chi connectivity index (χ0n) is 18.7. The molecule has 0 saturated carbocycles. The molecule has 4 aromatic rings. The van der Waals surface area contributed by atoms with Crippen molar-refractivity contribution in [1.29, 1.82) is 0 Å². The first kappa shape index (κ1) is 23.0. The van der Waals surface area contributed by atoms with E-state index in [1.165, 1.54) is 28.6 Å². The second kappa shape index (κ2) is 9.45. The summed E-state index contributed by atoms with van der Waals surface area (Å²) in [4.78, 5) is 27.9. The summed E-state index contributed by atoms with van der Waals surface area (Å²) in [7, 11) is -3.76. The van der Waals surface area contributed by atoms with Crippen molar-refractivity contribution in [3.63, 3.8) is 0 Å². The van der Waals surface area contributed by atoms with Gasteiger partial charge in [0, 0.05) is 49.0 Å². The van der Waals surface area contributed by atoms with Crippen molar-refractivity contribution in [2.24, 2.45) is 0 Å². The summed E-state index contributed by atoms with van der Waals surface area (Å²) in [5.41, 5.74) is 1.79. The van der Waals surface area contributed by atoms with Gasteiger partial charge in [0.1, 0.15) is 0 Å². The SMILES string of the molecule is O=C(NCc1ccc(-n2cccn2)cc1)c1cc(=O)[nH]c2ccc(S(=O)(=O)N3CCOCC3)cc12. The average Bonchev–Trinajstić information content (AvgIpc) is 3.42. The summed E-state index contributed by atoms with van der Waals surface area (Å²) in [6.45, 7) is 1.42. The van der Waals surface area contributed by atoms with Gasteiger partial charge in [-0.25, -0.2) is 13.1 Å². The van der Waals surface area contributed by atoms with E-state index in [1.54, 1.807) is 10.9 Å². The second-order valence-electron chi connectivity index (χ2n) is 8.07. The molecule has 1 saturated heterocycles. The molecule has 1 fully saturated rings. The maximum absolute atomic E-state index is 13.1. The molecule has 3 heterocycles. The number of carbonyl (C=O) groups is 1. The number of nitrogens with zero attached hydrogens (tertiary/aromatic N) is 3. The minimum atomic E-state index is -3.76. The summed E-state index contributed by atoms with van der Waals surface area (Å²) < 4.78 is 34.5. The van der Waals surface area contributed by atoms with Crippen molar-refractivity contribution in [2.45, 2.75) is 11.4 Å². The molecule has 1 aliphatic rings. The van der Waals surface area contributed by atoms with Crippen LogP contribution in [0.5, 0.6) is 0 Å². The monoisotopic (exact) mass is 493 g/mol. The Morgan fingerprint density at radius 1 is 1.09 bits per heavy atom. The quantitative estimate of drug-likeness (QED) is 0.421. The van der Waals surface area contributed by atoms with Crippen molar-refractivity contribution in [1.82, 2.24) is 24.4 Å². The number of carbonyl (C=O) groups excluding carboxylic acids is 1. The minimum Gasteiger partial charge on any atom is -0.379 e. The van der Waals surface area contributed by atoms with Crippen LogP contribution >= 0.6 is 0 Å². The fourth-order valence-corrected chi connectivity index (χ4v) is 5.42. The number of fused-ring (bicyclic) bond motifs is 1. The number of aromatic nitrogens is 3. The number of benzene rings is 2. The van der Waals surface area contributed by atoms with E-state index >= 15 is 0 Å². The van der Waals surface area contributed by atoms with E-state index in [-0.39, 0.29) is 30.1 Å². The predicted octanol–water partition coefficient (Wildman–Crippen LogP) is 1.66. The zero-order chi connectivity index (χ0) is 24.4. The lowest BCUT2D eigenvalue weighted by Crippen LogP contribution is -2.40. The first-order chi connectivity index (χ1) is 16.9. The van der Waals surface area contributed by atoms with Gasteiger partial charge in [0.15, 0.2) is 0 Å². The van der Waals surface area contributed by atoms with Gasteiger partial charge in [-0.15, -0.1) is 0 Å². The third-order valence-electron chi connectivity index (χ3n) is 5.83. The van der Waals surface area contributed by atoms with E-state index in [9.17, 15) is 18.0 Å². The van der Waals surface area contributed by atoms with Crippen LogP contribution < -0.4 is 10.9 Å². The molecular weight excluding hydrogens is 470 g/mol. The van der Waals surface area contributed by atoms with Crippen LogP contribution in [0.3, 0.4) is 0 Å². The number of amides is 1. The molecule has 0 aliphatic carbocycles. The zero-order valence-corrected chi connectivity index (χ0v) is 19.5. The molecule has 35 heavy (non-hydrogen) atoms. The van der Waals surface area contributed by atoms with Gasteiger partial charge in [-0.05, 0) is 42.0 Å². The van der Waals surface area contributed by atoms with E-state index in [0.29, 0.717) is 24.1 Å². The number of morpholine rings is 1. The Labute approximate surface area is 201 Å². The van der Waals surface area contributed by atoms with Crippen LogP contribution in [-0.4, -0.2) is 59.7 Å². The van der Waals surface area contributed by atoms with Crippen molar-refractivity contribution in [2.75, 3.05) is 26.3 Å². The Bertz CT molecular complexity index is 1520. The number of H-pyrrole nitrogens is 1. The van der Waals surface area contributed by atoms with Crippen LogP contribution in [0, 0.1) is 0 Å². The summed E-state index contributed by atoms with van der Waals surface area (Å²) in [5, 5.41) is 7.36. The van der Waals surface area contributed by atoms with Gasteiger partial charge in [0.05, 0.1) is 29.4 Å². The molecule has 11 heteroatoms. The van der Waals surface area contributed by atoms with Crippen LogP contribution in [0.15, 0.2) is 76.7 Å². The van der Waals surface area contributed by atoms with Crippen LogP contribution in [0.1, 0.15) is 15.9 Å². The van der Waals surface area contributed by atoms with Crippen molar-refractivity contribution < 1.29 is 17.9 Å². The molecule has 2 N–H and O–H groups in total. The van der Waals surface area contributed by atoms with E-state index in [1.807, 2.05) is 36.5 Å². The maximum Gasteiger partial charge on any atom is 0.252 e. The summed E-state index contributed by atoms with van der Waals surface area (Å²) in [5.74, 6) is -0.474. The molecule has 0 unspecified atom stereocenters. The third kappa shape index (κ3) is 4.74. The van der Waals surface area contributed by atoms with Crippen molar-refractivity contribution in [3.8, 4) is 5.69 Å². The van der Waals surface area contributed by atoms with Gasteiger partial charge in [-0.2, -0.15) is 9.40 Å². The molecular formula is C24H23N5O5S.